The van der Waals surface area contributed by atoms with E-state index in [4.69, 9.17) is 18.9 Å². The van der Waals surface area contributed by atoms with Gasteiger partial charge in [-0.3, -0.25) is 0 Å². The van der Waals surface area contributed by atoms with Crippen LogP contribution < -0.4 is 28.4 Å². The van der Waals surface area contributed by atoms with Gasteiger partial charge in [0.05, 0.1) is 17.7 Å². The van der Waals surface area contributed by atoms with E-state index in [-0.39, 0.29) is 0 Å². The predicted molar refractivity (Wildman–Crippen MR) is 184 cm³/mol. The first-order valence-corrected chi connectivity index (χ1v) is 16.7. The lowest BCUT2D eigenvalue weighted by Crippen LogP contribution is -2.36. The fraction of sp³-hybridized carbons (Fsp3) is 0.359. The van der Waals surface area contributed by atoms with Crippen LogP contribution >= 0.6 is 0 Å². The molecule has 0 amide bonds. The van der Waals surface area contributed by atoms with E-state index in [0.717, 1.165) is 25.3 Å². The maximum atomic E-state index is 12.7. The lowest BCUT2D eigenvalue weighted by Gasteiger charge is -2.19. The first-order chi connectivity index (χ1) is 23.0. The summed E-state index contributed by atoms with van der Waals surface area (Å²) in [7, 11) is 0. The van der Waals surface area contributed by atoms with Crippen LogP contribution in [0.1, 0.15) is 80.0 Å². The van der Waals surface area contributed by atoms with Crippen LogP contribution in [0, 0.1) is 0 Å². The third-order valence-corrected chi connectivity index (χ3v) is 7.81. The molecule has 0 N–H and O–H groups in total. The molecule has 248 valence electrons. The molecule has 0 radical (unpaired) electrons. The first-order valence-electron chi connectivity index (χ1n) is 16.7. The molecular weight excluding hydrogens is 592 g/mol. The van der Waals surface area contributed by atoms with Crippen LogP contribution in [0.4, 0.5) is 5.69 Å². The van der Waals surface area contributed by atoms with Crippen molar-refractivity contribution < 1.29 is 33.1 Å². The number of benzene rings is 3. The zero-order chi connectivity index (χ0) is 33.3. The van der Waals surface area contributed by atoms with E-state index >= 15 is 0 Å². The number of esters is 2. The Bertz CT molecular complexity index is 1500. The summed E-state index contributed by atoms with van der Waals surface area (Å²) in [4.78, 5) is 27.6. The van der Waals surface area contributed by atoms with Crippen molar-refractivity contribution in [3.8, 4) is 23.0 Å². The van der Waals surface area contributed by atoms with Crippen LogP contribution in [-0.2, 0) is 6.54 Å². The number of carbonyl (C=O) groups excluding carboxylic acids is 2. The van der Waals surface area contributed by atoms with Gasteiger partial charge in [0.25, 0.3) is 0 Å². The monoisotopic (exact) mass is 639 g/mol. The number of ether oxygens (including phenoxy) is 4. The smallest absolute Gasteiger partial charge is 0.343 e. The summed E-state index contributed by atoms with van der Waals surface area (Å²) in [6, 6.07) is 24.4. The maximum absolute atomic E-state index is 12.7. The summed E-state index contributed by atoms with van der Waals surface area (Å²) in [5.41, 5.74) is 2.02. The Kier molecular flexibility index (Phi) is 14.1. The van der Waals surface area contributed by atoms with E-state index < -0.39 is 11.9 Å². The molecule has 8 heteroatoms. The molecule has 0 aliphatic heterocycles. The Hall–Kier alpha value is -4.85. The minimum absolute atomic E-state index is 0.339. The lowest BCUT2D eigenvalue weighted by molar-refractivity contribution is -0.697. The molecule has 0 aliphatic rings. The molecule has 3 aromatic carbocycles. The summed E-state index contributed by atoms with van der Waals surface area (Å²) < 4.78 is 24.7. The highest BCUT2D eigenvalue weighted by Gasteiger charge is 2.12. The minimum Gasteiger partial charge on any atom is -0.494 e. The number of pyridine rings is 1. The van der Waals surface area contributed by atoms with Gasteiger partial charge in [0, 0.05) is 30.9 Å². The van der Waals surface area contributed by atoms with E-state index in [1.807, 2.05) is 0 Å². The van der Waals surface area contributed by atoms with Crippen molar-refractivity contribution in [3.05, 3.63) is 108 Å². The zero-order valence-corrected chi connectivity index (χ0v) is 27.9. The van der Waals surface area contributed by atoms with Crippen molar-refractivity contribution in [3.63, 3.8) is 0 Å². The van der Waals surface area contributed by atoms with Gasteiger partial charge in [0.2, 0.25) is 0 Å². The van der Waals surface area contributed by atoms with Gasteiger partial charge in [0.1, 0.15) is 29.6 Å². The van der Waals surface area contributed by atoms with Gasteiger partial charge >= 0.3 is 11.9 Å². The normalized spacial score (nSPS) is 10.7. The highest BCUT2D eigenvalue weighted by Crippen LogP contribution is 2.22. The standard InChI is InChI=1S/C39H47N2O6/c1-4-7-8-9-10-11-29-44-34-16-12-31(13-17-34)38(42)46-36-20-22-37(23-21-36)47-39(43)32-14-18-35(19-15-32)45-30-28-40-26-24-33(25-27-40)41(5-2)6-3/h12-27H,4-11,28-30H2,1-3H3/q+1. The molecule has 4 rings (SSSR count). The molecule has 0 saturated heterocycles. The number of hydrogen-bond acceptors (Lipinski definition) is 7. The molecule has 1 heterocycles. The van der Waals surface area contributed by atoms with Crippen LogP contribution in [0.2, 0.25) is 0 Å². The predicted octanol–water partition coefficient (Wildman–Crippen LogP) is 8.08. The molecule has 0 spiro atoms. The molecule has 0 fully saturated rings. The van der Waals surface area contributed by atoms with E-state index in [2.05, 4.69) is 54.8 Å². The Balaban J connectivity index is 1.17. The van der Waals surface area contributed by atoms with Crippen molar-refractivity contribution >= 4 is 17.6 Å². The summed E-state index contributed by atoms with van der Waals surface area (Å²) >= 11 is 0. The molecule has 8 nitrogen and oxygen atoms in total. The molecule has 0 saturated carbocycles. The van der Waals surface area contributed by atoms with Gasteiger partial charge in [-0.2, -0.15) is 0 Å². The van der Waals surface area contributed by atoms with E-state index in [1.54, 1.807) is 72.8 Å². The molecule has 0 unspecified atom stereocenters. The summed E-state index contributed by atoms with van der Waals surface area (Å²) in [5, 5.41) is 0. The van der Waals surface area contributed by atoms with Crippen LogP contribution in [0.3, 0.4) is 0 Å². The van der Waals surface area contributed by atoms with Crippen molar-refractivity contribution in [1.82, 2.24) is 0 Å². The number of unbranched alkanes of at least 4 members (excludes halogenated alkanes) is 5. The summed E-state index contributed by atoms with van der Waals surface area (Å²) in [6.45, 7) is 10.3. The molecule has 1 aromatic heterocycles. The Morgan fingerprint density at radius 2 is 1.00 bits per heavy atom. The molecule has 0 bridgehead atoms. The molecule has 0 atom stereocenters. The SMILES string of the molecule is CCCCCCCCOc1ccc(C(=O)Oc2ccc(OC(=O)c3ccc(OCC[n+]4ccc(N(CC)CC)cc4)cc3)cc2)cc1. The molecule has 4 aromatic rings. The summed E-state index contributed by atoms with van der Waals surface area (Å²) in [6.07, 6.45) is 11.3. The fourth-order valence-electron chi connectivity index (χ4n) is 5.02. The summed E-state index contributed by atoms with van der Waals surface area (Å²) in [5.74, 6) is 1.11. The van der Waals surface area contributed by atoms with Gasteiger partial charge in [-0.05, 0) is 93.1 Å². The van der Waals surface area contributed by atoms with Crippen molar-refractivity contribution in [1.29, 1.82) is 0 Å². The Morgan fingerprint density at radius 3 is 1.49 bits per heavy atom. The third-order valence-electron chi connectivity index (χ3n) is 7.81. The van der Waals surface area contributed by atoms with Crippen molar-refractivity contribution in [2.75, 3.05) is 31.2 Å². The van der Waals surface area contributed by atoms with Crippen LogP contribution in [0.15, 0.2) is 97.3 Å². The highest BCUT2D eigenvalue weighted by atomic mass is 16.5. The minimum atomic E-state index is -0.496. The highest BCUT2D eigenvalue weighted by molar-refractivity contribution is 5.92. The average molecular weight is 640 g/mol. The second-order valence-corrected chi connectivity index (χ2v) is 11.2. The van der Waals surface area contributed by atoms with Crippen LogP contribution in [-0.4, -0.2) is 38.2 Å². The van der Waals surface area contributed by atoms with Gasteiger partial charge in [0.15, 0.2) is 18.9 Å². The quantitative estimate of drug-likeness (QED) is 0.0444. The van der Waals surface area contributed by atoms with E-state index in [9.17, 15) is 9.59 Å². The number of carbonyl (C=O) groups is 2. The van der Waals surface area contributed by atoms with Gasteiger partial charge in [-0.15, -0.1) is 0 Å². The zero-order valence-electron chi connectivity index (χ0n) is 27.9. The number of hydrogen-bond donors (Lipinski definition) is 0. The largest absolute Gasteiger partial charge is 0.494 e. The van der Waals surface area contributed by atoms with Crippen molar-refractivity contribution in [2.45, 2.75) is 65.8 Å². The van der Waals surface area contributed by atoms with Crippen molar-refractivity contribution in [2.24, 2.45) is 0 Å². The van der Waals surface area contributed by atoms with Gasteiger partial charge in [-0.1, -0.05) is 39.0 Å². The molecule has 0 aliphatic carbocycles. The number of nitrogens with zero attached hydrogens (tertiary/aromatic N) is 2. The Morgan fingerprint density at radius 1 is 0.553 bits per heavy atom. The van der Waals surface area contributed by atoms with Crippen LogP contribution in [0.25, 0.3) is 0 Å². The second kappa shape index (κ2) is 19.0. The number of aromatic nitrogens is 1. The number of anilines is 1. The third kappa shape index (κ3) is 11.5. The van der Waals surface area contributed by atoms with Gasteiger partial charge in [-0.25, -0.2) is 14.2 Å². The number of rotatable bonds is 19. The van der Waals surface area contributed by atoms with Gasteiger partial charge < -0.3 is 23.8 Å². The Labute approximate surface area is 278 Å². The lowest BCUT2D eigenvalue weighted by atomic mass is 10.1. The first kappa shape index (κ1) is 35.0. The average Bonchev–Trinajstić information content (AvgIpc) is 3.10. The fourth-order valence-corrected chi connectivity index (χ4v) is 5.02. The van der Waals surface area contributed by atoms with E-state index in [0.29, 0.717) is 48.1 Å². The second-order valence-electron chi connectivity index (χ2n) is 11.2. The molecule has 47 heavy (non-hydrogen) atoms. The van der Waals surface area contributed by atoms with Crippen LogP contribution in [0.5, 0.6) is 23.0 Å². The molecular formula is C39H47N2O6+. The van der Waals surface area contributed by atoms with E-state index in [1.165, 1.54) is 37.8 Å². The maximum Gasteiger partial charge on any atom is 0.343 e. The topological polar surface area (TPSA) is 78.2 Å².